The summed E-state index contributed by atoms with van der Waals surface area (Å²) < 4.78 is 31.6. The maximum Gasteiger partial charge on any atom is 0.131 e. The van der Waals surface area contributed by atoms with Crippen LogP contribution in [0.2, 0.25) is 0 Å². The van der Waals surface area contributed by atoms with Crippen LogP contribution in [0.4, 0.5) is 8.78 Å². The zero-order chi connectivity index (χ0) is 24.3. The Morgan fingerprint density at radius 2 is 1.89 bits per heavy atom. The number of halogens is 2. The van der Waals surface area contributed by atoms with E-state index in [9.17, 15) is 0 Å². The summed E-state index contributed by atoms with van der Waals surface area (Å²) >= 11 is 1.61. The van der Waals surface area contributed by atoms with Crippen LogP contribution >= 0.6 is 11.8 Å². The fourth-order valence-electron chi connectivity index (χ4n) is 6.13. The van der Waals surface area contributed by atoms with Crippen LogP contribution in [0.15, 0.2) is 35.4 Å². The molecule has 3 heterocycles. The molecule has 0 unspecified atom stereocenters. The van der Waals surface area contributed by atoms with E-state index in [1.54, 1.807) is 23.9 Å². The number of hydrogen-bond acceptors (Lipinski definition) is 4. The van der Waals surface area contributed by atoms with Crippen molar-refractivity contribution in [2.24, 2.45) is 11.8 Å². The minimum absolute atomic E-state index is 0.0816. The van der Waals surface area contributed by atoms with E-state index in [4.69, 9.17) is 0 Å². The van der Waals surface area contributed by atoms with E-state index in [1.807, 2.05) is 12.3 Å². The SMILES string of the molecule is CC(C)CN1CC(Sc2cc(F)c([C@@H]3c4ccc5[nH]ncc5c4CN(C)[C@H]3CC3CC3)c(F)c2)C1. The van der Waals surface area contributed by atoms with Crippen LogP contribution in [-0.4, -0.2) is 58.0 Å². The van der Waals surface area contributed by atoms with E-state index in [0.717, 1.165) is 54.6 Å². The Bertz CT molecular complexity index is 1210. The molecule has 2 aromatic carbocycles. The highest BCUT2D eigenvalue weighted by molar-refractivity contribution is 8.00. The standard InChI is InChI=1S/C28H34F2N4S/c1-16(2)12-34-13-19(14-34)35-18-9-23(29)28(24(30)10-18)27-20-6-7-25-21(11-31-32-25)22(20)15-33(3)26(27)8-17-4-5-17/h6-7,9-11,16-17,19,26-27H,4-5,8,12-15H2,1-3H3,(H,31,32)/t26-,27+/m0/s1. The highest BCUT2D eigenvalue weighted by Crippen LogP contribution is 2.47. The smallest absolute Gasteiger partial charge is 0.131 e. The van der Waals surface area contributed by atoms with Gasteiger partial charge in [-0.05, 0) is 54.6 Å². The number of nitrogens with zero attached hydrogens (tertiary/aromatic N) is 3. The van der Waals surface area contributed by atoms with Crippen LogP contribution in [-0.2, 0) is 6.54 Å². The van der Waals surface area contributed by atoms with E-state index < -0.39 is 11.6 Å². The molecule has 6 rings (SSSR count). The molecule has 2 aliphatic heterocycles. The molecular weight excluding hydrogens is 462 g/mol. The zero-order valence-corrected chi connectivity index (χ0v) is 21.5. The quantitative estimate of drug-likeness (QED) is 0.434. The van der Waals surface area contributed by atoms with Crippen molar-refractivity contribution < 1.29 is 8.78 Å². The number of likely N-dealkylation sites (tertiary alicyclic amines) is 1. The van der Waals surface area contributed by atoms with Gasteiger partial charge in [0.25, 0.3) is 0 Å². The Morgan fingerprint density at radius 1 is 1.14 bits per heavy atom. The molecule has 3 aromatic rings. The van der Waals surface area contributed by atoms with Crippen molar-refractivity contribution in [2.45, 2.75) is 61.8 Å². The van der Waals surface area contributed by atoms with Gasteiger partial charge in [-0.2, -0.15) is 5.10 Å². The van der Waals surface area contributed by atoms with Crippen molar-refractivity contribution in [1.82, 2.24) is 20.0 Å². The summed E-state index contributed by atoms with van der Waals surface area (Å²) in [5.41, 5.74) is 3.37. The maximum absolute atomic E-state index is 15.8. The van der Waals surface area contributed by atoms with Gasteiger partial charge in [-0.3, -0.25) is 10.00 Å². The number of H-pyrrole nitrogens is 1. The number of thioether (sulfide) groups is 1. The lowest BCUT2D eigenvalue weighted by Gasteiger charge is -2.42. The number of likely N-dealkylation sites (N-methyl/N-ethyl adjacent to an activating group) is 1. The van der Waals surface area contributed by atoms with E-state index in [-0.39, 0.29) is 17.5 Å². The molecule has 1 aromatic heterocycles. The van der Waals surface area contributed by atoms with Gasteiger partial charge in [-0.1, -0.05) is 32.8 Å². The first-order valence-electron chi connectivity index (χ1n) is 12.9. The predicted octanol–water partition coefficient (Wildman–Crippen LogP) is 6.02. The molecule has 3 aliphatic rings. The minimum atomic E-state index is -0.412. The Kier molecular flexibility index (Phi) is 6.14. The second kappa shape index (κ2) is 9.16. The number of fused-ring (bicyclic) bond motifs is 3. The van der Waals surface area contributed by atoms with Gasteiger partial charge in [0.15, 0.2) is 0 Å². The normalized spacial score (nSPS) is 23.7. The molecule has 2 atom stereocenters. The van der Waals surface area contributed by atoms with Gasteiger partial charge in [0.2, 0.25) is 0 Å². The van der Waals surface area contributed by atoms with Crippen molar-refractivity contribution in [3.8, 4) is 0 Å². The Hall–Kier alpha value is -1.96. The average Bonchev–Trinajstić information content (AvgIpc) is 3.46. The van der Waals surface area contributed by atoms with Crippen LogP contribution < -0.4 is 0 Å². The number of aromatic nitrogens is 2. The molecule has 4 nitrogen and oxygen atoms in total. The topological polar surface area (TPSA) is 35.2 Å². The van der Waals surface area contributed by atoms with Crippen molar-refractivity contribution in [3.05, 3.63) is 58.8 Å². The molecule has 35 heavy (non-hydrogen) atoms. The van der Waals surface area contributed by atoms with Crippen molar-refractivity contribution in [2.75, 3.05) is 26.7 Å². The highest BCUT2D eigenvalue weighted by Gasteiger charge is 2.41. The van der Waals surface area contributed by atoms with Crippen LogP contribution in [0.25, 0.3) is 10.9 Å². The Labute approximate surface area is 210 Å². The highest BCUT2D eigenvalue weighted by atomic mass is 32.2. The van der Waals surface area contributed by atoms with Gasteiger partial charge in [-0.25, -0.2) is 8.78 Å². The van der Waals surface area contributed by atoms with E-state index >= 15 is 8.78 Å². The molecule has 0 amide bonds. The Morgan fingerprint density at radius 3 is 2.57 bits per heavy atom. The molecule has 186 valence electrons. The van der Waals surface area contributed by atoms with Gasteiger partial charge in [-0.15, -0.1) is 11.8 Å². The monoisotopic (exact) mass is 496 g/mol. The maximum atomic E-state index is 15.8. The van der Waals surface area contributed by atoms with Crippen LogP contribution in [0.3, 0.4) is 0 Å². The third kappa shape index (κ3) is 4.51. The number of aromatic amines is 1. The molecule has 2 fully saturated rings. The summed E-state index contributed by atoms with van der Waals surface area (Å²) in [4.78, 5) is 5.42. The van der Waals surface area contributed by atoms with Crippen molar-refractivity contribution in [1.29, 1.82) is 0 Å². The lowest BCUT2D eigenvalue weighted by Crippen LogP contribution is -2.50. The number of benzene rings is 2. The summed E-state index contributed by atoms with van der Waals surface area (Å²) in [6.07, 6.45) is 5.27. The van der Waals surface area contributed by atoms with Gasteiger partial charge in [0, 0.05) is 59.2 Å². The summed E-state index contributed by atoms with van der Waals surface area (Å²) in [6, 6.07) is 7.30. The third-order valence-corrected chi connectivity index (χ3v) is 9.09. The van der Waals surface area contributed by atoms with Gasteiger partial charge >= 0.3 is 0 Å². The first-order valence-corrected chi connectivity index (χ1v) is 13.8. The first kappa shape index (κ1) is 23.4. The molecule has 0 bridgehead atoms. The molecule has 1 aliphatic carbocycles. The molecular formula is C28H34F2N4S. The van der Waals surface area contributed by atoms with E-state index in [1.165, 1.54) is 12.8 Å². The zero-order valence-electron chi connectivity index (χ0n) is 20.7. The van der Waals surface area contributed by atoms with Crippen molar-refractivity contribution in [3.63, 3.8) is 0 Å². The number of hydrogen-bond donors (Lipinski definition) is 1. The average molecular weight is 497 g/mol. The second-order valence-corrected chi connectivity index (χ2v) is 12.6. The molecule has 0 radical (unpaired) electrons. The van der Waals surface area contributed by atoms with Crippen LogP contribution in [0.1, 0.15) is 55.7 Å². The molecule has 0 spiro atoms. The summed E-state index contributed by atoms with van der Waals surface area (Å²) in [5, 5.41) is 8.71. The van der Waals surface area contributed by atoms with E-state index in [2.05, 4.69) is 47.0 Å². The fraction of sp³-hybridized carbons (Fsp3) is 0.536. The van der Waals surface area contributed by atoms with Gasteiger partial charge in [0.1, 0.15) is 11.6 Å². The Balaban J connectivity index is 1.33. The lowest BCUT2D eigenvalue weighted by molar-refractivity contribution is 0.169. The fourth-order valence-corrected chi connectivity index (χ4v) is 7.43. The third-order valence-electron chi connectivity index (χ3n) is 7.95. The lowest BCUT2D eigenvalue weighted by atomic mass is 9.76. The largest absolute Gasteiger partial charge is 0.301 e. The van der Waals surface area contributed by atoms with Gasteiger partial charge in [0.05, 0.1) is 11.7 Å². The van der Waals surface area contributed by atoms with Crippen LogP contribution in [0.5, 0.6) is 0 Å². The van der Waals surface area contributed by atoms with Crippen LogP contribution in [0, 0.1) is 23.5 Å². The summed E-state index contributed by atoms with van der Waals surface area (Å²) in [5.74, 6) is 0.152. The molecule has 1 N–H and O–H groups in total. The summed E-state index contributed by atoms with van der Waals surface area (Å²) in [7, 11) is 2.10. The number of nitrogens with one attached hydrogen (secondary N) is 1. The molecule has 1 saturated carbocycles. The van der Waals surface area contributed by atoms with E-state index in [0.29, 0.717) is 22.0 Å². The van der Waals surface area contributed by atoms with Crippen molar-refractivity contribution >= 4 is 22.7 Å². The first-order chi connectivity index (χ1) is 16.9. The summed E-state index contributed by atoms with van der Waals surface area (Å²) in [6.45, 7) is 8.26. The number of rotatable bonds is 7. The minimum Gasteiger partial charge on any atom is -0.301 e. The molecule has 7 heteroatoms. The predicted molar refractivity (Wildman–Crippen MR) is 138 cm³/mol. The molecule has 1 saturated heterocycles. The van der Waals surface area contributed by atoms with Gasteiger partial charge < -0.3 is 4.90 Å². The second-order valence-electron chi connectivity index (χ2n) is 11.3.